The van der Waals surface area contributed by atoms with Crippen LogP contribution in [0.15, 0.2) is 19.0 Å². The zero-order valence-corrected chi connectivity index (χ0v) is 55.4. The van der Waals surface area contributed by atoms with Crippen LogP contribution in [-0.4, -0.2) is 154 Å². The van der Waals surface area contributed by atoms with Crippen molar-refractivity contribution in [3.05, 3.63) is 37.2 Å². The summed E-state index contributed by atoms with van der Waals surface area (Å²) in [4.78, 5) is 82.1. The van der Waals surface area contributed by atoms with Gasteiger partial charge in [-0.25, -0.2) is 34.1 Å². The predicted molar refractivity (Wildman–Crippen MR) is 329 cm³/mol. The normalized spacial score (nSPS) is 22.5. The molecule has 5 N–H and O–H groups in total. The van der Waals surface area contributed by atoms with Crippen molar-refractivity contribution in [2.75, 3.05) is 29.7 Å². The van der Waals surface area contributed by atoms with Gasteiger partial charge in [-0.2, -0.15) is 55.1 Å². The van der Waals surface area contributed by atoms with Crippen LogP contribution in [0.1, 0.15) is 149 Å². The van der Waals surface area contributed by atoms with Crippen molar-refractivity contribution in [3.8, 4) is 37.0 Å². The summed E-state index contributed by atoms with van der Waals surface area (Å²) in [5, 5.41) is 30.2. The molecule has 3 aliphatic rings. The third-order valence-corrected chi connectivity index (χ3v) is 14.1. The van der Waals surface area contributed by atoms with E-state index in [4.69, 9.17) is 70.1 Å². The van der Waals surface area contributed by atoms with Crippen LogP contribution >= 0.6 is 11.6 Å². The first-order valence-corrected chi connectivity index (χ1v) is 28.5. The minimum atomic E-state index is -1.57. The van der Waals surface area contributed by atoms with Crippen molar-refractivity contribution >= 4 is 86.3 Å². The number of ether oxygens (including phenoxy) is 7. The van der Waals surface area contributed by atoms with E-state index in [0.717, 1.165) is 7.11 Å². The van der Waals surface area contributed by atoms with Gasteiger partial charge in [0.05, 0.1) is 50.0 Å². The molecule has 0 bridgehead atoms. The van der Waals surface area contributed by atoms with E-state index in [1.54, 1.807) is 60.0 Å². The quantitative estimate of drug-likeness (QED) is 0.0377. The molecule has 9 heterocycles. The molecule has 9 rings (SSSR count). The van der Waals surface area contributed by atoms with Crippen LogP contribution in [0.25, 0.3) is 33.5 Å². The number of imide groups is 1. The number of nitrogen functional groups attached to an aromatic ring is 1. The van der Waals surface area contributed by atoms with E-state index < -0.39 is 102 Å². The molecule has 6 aromatic rings. The van der Waals surface area contributed by atoms with E-state index in [2.05, 4.69) is 72.7 Å². The van der Waals surface area contributed by atoms with Gasteiger partial charge in [-0.05, 0) is 81.1 Å². The van der Waals surface area contributed by atoms with Crippen molar-refractivity contribution in [2.45, 2.75) is 196 Å². The van der Waals surface area contributed by atoms with Crippen LogP contribution in [0.4, 0.5) is 49.8 Å². The molecule has 0 saturated carbocycles. The maximum Gasteiger partial charge on any atom is 1.00 e. The number of aliphatic hydroxyl groups is 2. The Labute approximate surface area is 564 Å². The number of terminal acetylenes is 3. The fraction of sp³-hybridized carbons (Fsp3) is 0.576. The number of carbonyl (C=O) groups is 4. The average Bonchev–Trinajstić information content (AvgIpc) is 1.65. The van der Waals surface area contributed by atoms with Gasteiger partial charge in [-0.1, -0.05) is 60.3 Å². The second kappa shape index (κ2) is 35.1. The Kier molecular flexibility index (Phi) is 30.8. The molecule has 3 fully saturated rings. The number of rotatable bonds is 12. The molecule has 0 radical (unpaired) electrons. The molecule has 0 spiro atoms. The summed E-state index contributed by atoms with van der Waals surface area (Å²) in [5.41, 5.74) is 2.80. The van der Waals surface area contributed by atoms with Crippen LogP contribution in [0.2, 0.25) is 0 Å². The Morgan fingerprint density at radius 2 is 1.04 bits per heavy atom. The monoisotopic (exact) mass is 1340 g/mol. The van der Waals surface area contributed by atoms with Gasteiger partial charge in [0.2, 0.25) is 0 Å². The number of aliphatic hydroxyl groups excluding tert-OH is 2. The first kappa shape index (κ1) is 81.5. The second-order valence-corrected chi connectivity index (χ2v) is 21.7. The standard InChI is InChI=1S/C22H28FN5O5.C16H18FN5O5.C14H16FN5O.C4H7ClO2.CH3O.2CH4.Na/c1-8-22(9-2)14(7)10-15(33-22)27-11-24-16-17(27)25-19(23)26-18(16)28(20(29)31-12(3)4)21(30)32-13(5)6;1-4-16(6-23)9(24)5-10(27-16)22-7-18-11-12(19-14(17)21-13(11)22)20-15(25)26-8(2)3;1-4-14(5-2)8(3)6-9(21-14)20-7-17-10-11(16)18-13(15)19-12(10)20;1-3(2)7-4(5)6;1-2;;;/h1,11-15H,9-10H2,2-7H3;1,7-10,23-24H,5-6H2,2-3H3,(H,19,20,21,25);1,7-9H,5-6H2,2-3H3,(H2,16,18,19);3H,1-2H3;1H3;2*1H4;/q;;;;-1;;;+1/t14-,15+,22+;9-,10+,16+;8-,9+,14+;;;;;/m000...../s1. The fourth-order valence-corrected chi connectivity index (χ4v) is 9.81. The summed E-state index contributed by atoms with van der Waals surface area (Å²) in [6.07, 6.45) is 12.9. The number of amides is 3. The Hall–Kier alpha value is -7.55. The van der Waals surface area contributed by atoms with Gasteiger partial charge in [-0.3, -0.25) is 19.0 Å². The number of carbonyl (C=O) groups excluding carboxylic acids is 4. The fourth-order valence-electron chi connectivity index (χ4n) is 9.63. The summed E-state index contributed by atoms with van der Waals surface area (Å²) in [6, 6.07) is 0. The Morgan fingerprint density at radius 3 is 1.42 bits per heavy atom. The van der Waals surface area contributed by atoms with Crippen molar-refractivity contribution < 1.29 is 110 Å². The maximum atomic E-state index is 14.5. The molecular weight excluding hydrogens is 1260 g/mol. The molecule has 0 unspecified atom stereocenters. The molecule has 0 aliphatic carbocycles. The first-order chi connectivity index (χ1) is 42.4. The predicted octanol–water partition coefficient (Wildman–Crippen LogP) is 5.67. The van der Waals surface area contributed by atoms with Gasteiger partial charge in [0.25, 0.3) is 0 Å². The van der Waals surface area contributed by atoms with E-state index in [9.17, 15) is 42.6 Å². The molecular formula is C59H80ClF3N15NaO14. The molecule has 504 valence electrons. The third kappa shape index (κ3) is 18.9. The van der Waals surface area contributed by atoms with Crippen molar-refractivity contribution in [1.82, 2.24) is 58.6 Å². The Bertz CT molecular complexity index is 3630. The van der Waals surface area contributed by atoms with Crippen LogP contribution in [0.5, 0.6) is 0 Å². The van der Waals surface area contributed by atoms with E-state index in [1.165, 1.54) is 28.1 Å². The SMILES string of the molecule is C.C.C#C[C@]1(CC)O[C@@H](n2cnc3c(N(C(=O)OC(C)C)C(=O)OC(C)C)nc(F)nc32)C[C@@H]1C.C#C[C@]1(CC)O[C@@H](n2cnc3c(N)nc(F)nc32)C[C@@H]1C.C#C[C@]1(CO)O[C@@H](n2cnc3c(NC(=O)OC(C)C)nc(F)nc32)C[C@@H]1O.CC(C)OC(=O)Cl.C[O-].[Na+]. The van der Waals surface area contributed by atoms with Gasteiger partial charge in [0, 0.05) is 29.9 Å². The van der Waals surface area contributed by atoms with Crippen LogP contribution in [-0.2, 0) is 33.2 Å². The number of hydrogen-bond acceptors (Lipinski definition) is 24. The zero-order chi connectivity index (χ0) is 67.3. The van der Waals surface area contributed by atoms with Crippen LogP contribution in [0.3, 0.4) is 0 Å². The number of imidazole rings is 3. The van der Waals surface area contributed by atoms with Crippen molar-refractivity contribution in [3.63, 3.8) is 0 Å². The van der Waals surface area contributed by atoms with Gasteiger partial charge in [-0.15, -0.1) is 19.3 Å². The maximum absolute atomic E-state index is 14.5. The number of nitrogens with two attached hydrogens (primary N) is 1. The number of aromatic nitrogens is 12. The minimum absolute atomic E-state index is 0. The van der Waals surface area contributed by atoms with Crippen LogP contribution < -0.4 is 50.6 Å². The summed E-state index contributed by atoms with van der Waals surface area (Å²) >= 11 is 4.81. The number of fused-ring (bicyclic) bond motifs is 3. The average molecular weight is 1340 g/mol. The number of hydrogen-bond donors (Lipinski definition) is 4. The zero-order valence-electron chi connectivity index (χ0n) is 52.7. The molecule has 6 aromatic heterocycles. The number of nitrogens with one attached hydrogen (secondary N) is 1. The topological polar surface area (TPSA) is 369 Å². The number of halogens is 4. The number of nitrogens with zero attached hydrogens (tertiary/aromatic N) is 13. The summed E-state index contributed by atoms with van der Waals surface area (Å²) in [7, 11) is 0.750. The molecule has 0 aromatic carbocycles. The summed E-state index contributed by atoms with van der Waals surface area (Å²) < 4.78 is 83.8. The summed E-state index contributed by atoms with van der Waals surface area (Å²) in [5.74, 6) is 7.39. The molecule has 3 aliphatic heterocycles. The van der Waals surface area contributed by atoms with Crippen molar-refractivity contribution in [2.24, 2.45) is 11.8 Å². The van der Waals surface area contributed by atoms with E-state index in [-0.39, 0.29) is 115 Å². The van der Waals surface area contributed by atoms with E-state index in [1.807, 2.05) is 27.7 Å². The minimum Gasteiger partial charge on any atom is -0.857 e. The van der Waals surface area contributed by atoms with E-state index in [0.29, 0.717) is 41.7 Å². The molecule has 3 saturated heterocycles. The Morgan fingerprint density at radius 1 is 0.667 bits per heavy atom. The third-order valence-electron chi connectivity index (χ3n) is 14.0. The number of anilines is 3. The molecule has 29 nitrogen and oxygen atoms in total. The van der Waals surface area contributed by atoms with Crippen molar-refractivity contribution in [1.29, 1.82) is 0 Å². The summed E-state index contributed by atoms with van der Waals surface area (Å²) in [6.45, 7) is 20.6. The van der Waals surface area contributed by atoms with Gasteiger partial charge in [0.1, 0.15) is 36.0 Å². The van der Waals surface area contributed by atoms with Gasteiger partial charge in [0.15, 0.2) is 56.5 Å². The molecule has 3 amide bonds. The molecule has 93 heavy (non-hydrogen) atoms. The smallest absolute Gasteiger partial charge is 0.857 e. The second-order valence-electron chi connectivity index (χ2n) is 21.4. The van der Waals surface area contributed by atoms with Crippen LogP contribution in [0, 0.1) is 67.1 Å². The van der Waals surface area contributed by atoms with Gasteiger partial charge >= 0.3 is 71.5 Å². The van der Waals surface area contributed by atoms with E-state index >= 15 is 0 Å². The molecule has 34 heteroatoms. The molecule has 9 atom stereocenters. The Balaban J connectivity index is 0.000000446. The largest absolute Gasteiger partial charge is 1.00 e. The van der Waals surface area contributed by atoms with Gasteiger partial charge < -0.3 is 54.2 Å². The first-order valence-electron chi connectivity index (χ1n) is 28.1.